The third-order valence-electron chi connectivity index (χ3n) is 4.51. The molecule has 5 heteroatoms. The Morgan fingerprint density at radius 3 is 2.48 bits per heavy atom. The molecule has 0 spiro atoms. The van der Waals surface area contributed by atoms with Gasteiger partial charge < -0.3 is 8.98 Å². The van der Waals surface area contributed by atoms with Crippen molar-refractivity contribution in [2.75, 3.05) is 0 Å². The molecule has 2 aromatic carbocycles. The lowest BCUT2D eigenvalue weighted by atomic mass is 10.1. The van der Waals surface area contributed by atoms with Gasteiger partial charge in [0.05, 0.1) is 17.0 Å². The van der Waals surface area contributed by atoms with Crippen molar-refractivity contribution in [3.63, 3.8) is 0 Å². The quantitative estimate of drug-likeness (QED) is 0.503. The lowest BCUT2D eigenvalue weighted by molar-refractivity contribution is 0.625. The fourth-order valence-electron chi connectivity index (χ4n) is 3.00. The van der Waals surface area contributed by atoms with Gasteiger partial charge in [0, 0.05) is 23.3 Å². The van der Waals surface area contributed by atoms with Gasteiger partial charge in [0.25, 0.3) is 5.56 Å². The normalized spacial score (nSPS) is 10.8. The van der Waals surface area contributed by atoms with Gasteiger partial charge in [0.1, 0.15) is 11.3 Å². The van der Waals surface area contributed by atoms with Crippen molar-refractivity contribution in [3.8, 4) is 17.4 Å². The molecule has 0 atom stereocenters. The maximum absolute atomic E-state index is 12.8. The van der Waals surface area contributed by atoms with Crippen molar-refractivity contribution in [3.05, 3.63) is 93.4 Å². The minimum Gasteiger partial charge on any atom is -0.456 e. The van der Waals surface area contributed by atoms with Crippen LogP contribution in [0.4, 0.5) is 0 Å². The van der Waals surface area contributed by atoms with Crippen LogP contribution in [-0.2, 0) is 13.0 Å². The Balaban J connectivity index is 1.60. The number of hydrogen-bond donors (Lipinski definition) is 0. The van der Waals surface area contributed by atoms with Gasteiger partial charge in [-0.15, -0.1) is 0 Å². The van der Waals surface area contributed by atoms with E-state index in [0.29, 0.717) is 40.3 Å². The summed E-state index contributed by atoms with van der Waals surface area (Å²) in [5.74, 6) is 0.642. The zero-order chi connectivity index (χ0) is 18.8. The number of rotatable bonds is 4. The molecule has 4 aromatic rings. The molecule has 0 amide bonds. The van der Waals surface area contributed by atoms with Crippen molar-refractivity contribution >= 4 is 22.6 Å². The predicted molar refractivity (Wildman–Crippen MR) is 106 cm³/mol. The highest BCUT2D eigenvalue weighted by Crippen LogP contribution is 2.27. The summed E-state index contributed by atoms with van der Waals surface area (Å²) in [7, 11) is 0. The summed E-state index contributed by atoms with van der Waals surface area (Å²) in [5.41, 5.74) is 3.07. The van der Waals surface area contributed by atoms with Crippen LogP contribution in [0.3, 0.4) is 0 Å². The van der Waals surface area contributed by atoms with Gasteiger partial charge in [-0.1, -0.05) is 23.7 Å². The molecule has 0 radical (unpaired) electrons. The predicted octanol–water partition coefficient (Wildman–Crippen LogP) is 5.03. The number of hydrogen-bond acceptors (Lipinski definition) is 3. The fraction of sp³-hybridized carbons (Fsp3) is 0.0909. The van der Waals surface area contributed by atoms with E-state index in [-0.39, 0.29) is 5.56 Å². The summed E-state index contributed by atoms with van der Waals surface area (Å²) < 4.78 is 7.51. The Morgan fingerprint density at radius 1 is 1.04 bits per heavy atom. The Bertz CT molecular complexity index is 1200. The van der Waals surface area contributed by atoms with E-state index in [4.69, 9.17) is 21.3 Å². The first kappa shape index (κ1) is 17.1. The number of furan rings is 1. The van der Waals surface area contributed by atoms with E-state index in [9.17, 15) is 4.79 Å². The third kappa shape index (κ3) is 3.51. The first-order valence-corrected chi connectivity index (χ1v) is 8.90. The largest absolute Gasteiger partial charge is 0.456 e. The number of aryl methyl sites for hydroxylation is 2. The molecule has 4 nitrogen and oxygen atoms in total. The van der Waals surface area contributed by atoms with Gasteiger partial charge in [-0.3, -0.25) is 4.79 Å². The van der Waals surface area contributed by atoms with E-state index in [1.165, 1.54) is 0 Å². The minimum absolute atomic E-state index is 0.0786. The molecule has 2 aromatic heterocycles. The van der Waals surface area contributed by atoms with Gasteiger partial charge >= 0.3 is 0 Å². The molecular weight excluding hydrogens is 360 g/mol. The topological polar surface area (TPSA) is 58.9 Å². The third-order valence-corrected chi connectivity index (χ3v) is 4.76. The van der Waals surface area contributed by atoms with Gasteiger partial charge in [0.15, 0.2) is 0 Å². The summed E-state index contributed by atoms with van der Waals surface area (Å²) in [4.78, 5) is 12.8. The van der Waals surface area contributed by atoms with E-state index in [2.05, 4.69) is 6.07 Å². The molecule has 0 saturated carbocycles. The summed E-state index contributed by atoms with van der Waals surface area (Å²) in [6, 6.07) is 20.4. The highest BCUT2D eigenvalue weighted by molar-refractivity contribution is 6.30. The molecule has 2 heterocycles. The summed E-state index contributed by atoms with van der Waals surface area (Å²) in [6.45, 7) is 0.558. The van der Waals surface area contributed by atoms with Crippen LogP contribution in [0.15, 0.2) is 76.1 Å². The molecule has 0 bridgehead atoms. The maximum Gasteiger partial charge on any atom is 0.261 e. The zero-order valence-electron chi connectivity index (χ0n) is 14.4. The highest BCUT2D eigenvalue weighted by Gasteiger charge is 2.11. The zero-order valence-corrected chi connectivity index (χ0v) is 15.1. The first-order valence-electron chi connectivity index (χ1n) is 8.52. The lowest BCUT2D eigenvalue weighted by Crippen LogP contribution is -2.19. The average molecular weight is 375 g/mol. The Kier molecular flexibility index (Phi) is 4.53. The van der Waals surface area contributed by atoms with E-state index in [1.54, 1.807) is 41.1 Å². The smallest absolute Gasteiger partial charge is 0.261 e. The molecule has 0 unspecified atom stereocenters. The Hall–Kier alpha value is -3.29. The summed E-state index contributed by atoms with van der Waals surface area (Å²) >= 11 is 5.93. The SMILES string of the molecule is N#Cc1ccc(CCn2ccc3oc(-c4ccc(Cl)cc4)cc3c2=O)cc1. The fourth-order valence-corrected chi connectivity index (χ4v) is 3.13. The van der Waals surface area contributed by atoms with E-state index < -0.39 is 0 Å². The average Bonchev–Trinajstić information content (AvgIpc) is 3.14. The second-order valence-corrected chi connectivity index (χ2v) is 6.70. The van der Waals surface area contributed by atoms with Crippen LogP contribution >= 0.6 is 11.6 Å². The molecule has 0 N–H and O–H groups in total. The van der Waals surface area contributed by atoms with Crippen LogP contribution in [-0.4, -0.2) is 4.57 Å². The minimum atomic E-state index is -0.0786. The molecule has 0 saturated heterocycles. The second kappa shape index (κ2) is 7.14. The molecular formula is C22H15ClN2O2. The Morgan fingerprint density at radius 2 is 1.78 bits per heavy atom. The van der Waals surface area contributed by atoms with Crippen LogP contribution in [0.2, 0.25) is 5.02 Å². The number of nitriles is 1. The van der Waals surface area contributed by atoms with Gasteiger partial charge in [-0.25, -0.2) is 0 Å². The summed E-state index contributed by atoms with van der Waals surface area (Å²) in [5, 5.41) is 10.1. The van der Waals surface area contributed by atoms with Gasteiger partial charge in [-0.05, 0) is 60.5 Å². The van der Waals surface area contributed by atoms with Crippen molar-refractivity contribution in [2.24, 2.45) is 0 Å². The van der Waals surface area contributed by atoms with Gasteiger partial charge in [0.2, 0.25) is 0 Å². The molecule has 27 heavy (non-hydrogen) atoms. The number of nitrogens with zero attached hydrogens (tertiary/aromatic N) is 2. The molecule has 0 fully saturated rings. The molecule has 4 rings (SSSR count). The number of fused-ring (bicyclic) bond motifs is 1. The first-order chi connectivity index (χ1) is 13.1. The maximum atomic E-state index is 12.8. The van der Waals surface area contributed by atoms with Crippen LogP contribution in [0.1, 0.15) is 11.1 Å². The van der Waals surface area contributed by atoms with Crippen LogP contribution in [0.5, 0.6) is 0 Å². The number of pyridine rings is 1. The van der Waals surface area contributed by atoms with Crippen molar-refractivity contribution in [1.82, 2.24) is 4.57 Å². The van der Waals surface area contributed by atoms with Crippen molar-refractivity contribution in [2.45, 2.75) is 13.0 Å². The molecule has 0 aliphatic carbocycles. The van der Waals surface area contributed by atoms with Crippen LogP contribution in [0, 0.1) is 11.3 Å². The molecule has 0 aliphatic rings. The van der Waals surface area contributed by atoms with Crippen molar-refractivity contribution < 1.29 is 4.42 Å². The van der Waals surface area contributed by atoms with E-state index >= 15 is 0 Å². The highest BCUT2D eigenvalue weighted by atomic mass is 35.5. The van der Waals surface area contributed by atoms with Gasteiger partial charge in [-0.2, -0.15) is 5.26 Å². The molecule has 0 aliphatic heterocycles. The molecule has 132 valence electrons. The standard InChI is InChI=1S/C22H15ClN2O2/c23-18-7-5-17(6-8-18)21-13-19-20(27-21)10-12-25(22(19)26)11-9-15-1-3-16(14-24)4-2-15/h1-8,10,12-13H,9,11H2. The second-order valence-electron chi connectivity index (χ2n) is 6.27. The summed E-state index contributed by atoms with van der Waals surface area (Å²) in [6.07, 6.45) is 2.46. The monoisotopic (exact) mass is 374 g/mol. The number of halogens is 1. The van der Waals surface area contributed by atoms with E-state index in [0.717, 1.165) is 11.1 Å². The van der Waals surface area contributed by atoms with Crippen LogP contribution in [0.25, 0.3) is 22.3 Å². The Labute approximate surface area is 160 Å². The number of aromatic nitrogens is 1. The van der Waals surface area contributed by atoms with Crippen LogP contribution < -0.4 is 5.56 Å². The number of benzene rings is 2. The van der Waals surface area contributed by atoms with E-state index in [1.807, 2.05) is 30.3 Å². The lowest BCUT2D eigenvalue weighted by Gasteiger charge is -2.05. The van der Waals surface area contributed by atoms with Crippen molar-refractivity contribution in [1.29, 1.82) is 5.26 Å².